The van der Waals surface area contributed by atoms with E-state index in [1.54, 1.807) is 6.92 Å². The van der Waals surface area contributed by atoms with Crippen molar-refractivity contribution in [3.8, 4) is 0 Å². The maximum absolute atomic E-state index is 9.39. The molecular weight excluding hydrogens is 180 g/mol. The number of aliphatic hydroxyl groups is 1. The van der Waals surface area contributed by atoms with Crippen LogP contribution in [0, 0.1) is 5.92 Å². The van der Waals surface area contributed by atoms with Gasteiger partial charge in [-0.1, -0.05) is 13.0 Å². The van der Waals surface area contributed by atoms with Gasteiger partial charge in [-0.15, -0.1) is 0 Å². The highest BCUT2D eigenvalue weighted by Gasteiger charge is 2.45. The maximum Gasteiger partial charge on any atom is 0.191 e. The number of hydrogen-bond donors (Lipinski definition) is 1. The lowest BCUT2D eigenvalue weighted by molar-refractivity contribution is -0.131. The van der Waals surface area contributed by atoms with Crippen molar-refractivity contribution in [1.29, 1.82) is 0 Å². The Hall–Kier alpha value is -0.380. The summed E-state index contributed by atoms with van der Waals surface area (Å²) in [5, 5.41) is 9.39. The van der Waals surface area contributed by atoms with Crippen molar-refractivity contribution in [1.82, 2.24) is 0 Å². The zero-order valence-electron chi connectivity index (χ0n) is 8.82. The molecule has 1 N–H and O–H groups in total. The molecule has 0 bridgehead atoms. The Morgan fingerprint density at radius 2 is 2.21 bits per heavy atom. The molecule has 2 aliphatic rings. The van der Waals surface area contributed by atoms with E-state index in [9.17, 15) is 5.11 Å². The Morgan fingerprint density at radius 1 is 1.57 bits per heavy atom. The van der Waals surface area contributed by atoms with Crippen LogP contribution in [0.5, 0.6) is 0 Å². The number of rotatable bonds is 2. The van der Waals surface area contributed by atoms with Gasteiger partial charge in [-0.3, -0.25) is 0 Å². The third kappa shape index (κ3) is 1.72. The van der Waals surface area contributed by atoms with Crippen molar-refractivity contribution in [3.63, 3.8) is 0 Å². The average Bonchev–Trinajstić information content (AvgIpc) is 2.61. The Kier molecular flexibility index (Phi) is 2.64. The molecule has 2 rings (SSSR count). The maximum atomic E-state index is 9.39. The standard InChI is InChI=1S/C11H18O3/c1-8-5-10(6-9(2)12)11(7-8)13-3-4-14-11/h5,8-9,12H,3-4,6-7H2,1-2H3. The quantitative estimate of drug-likeness (QED) is 0.683. The minimum absolute atomic E-state index is 0.323. The van der Waals surface area contributed by atoms with E-state index in [-0.39, 0.29) is 6.10 Å². The molecule has 14 heavy (non-hydrogen) atoms. The molecule has 1 saturated heterocycles. The van der Waals surface area contributed by atoms with E-state index in [0.29, 0.717) is 25.6 Å². The van der Waals surface area contributed by atoms with Crippen molar-refractivity contribution >= 4 is 0 Å². The van der Waals surface area contributed by atoms with E-state index in [2.05, 4.69) is 13.0 Å². The van der Waals surface area contributed by atoms with Crippen molar-refractivity contribution in [2.24, 2.45) is 5.92 Å². The minimum atomic E-state index is -0.490. The van der Waals surface area contributed by atoms with Crippen LogP contribution in [-0.4, -0.2) is 30.2 Å². The van der Waals surface area contributed by atoms with Crippen molar-refractivity contribution in [3.05, 3.63) is 11.6 Å². The predicted molar refractivity (Wildman–Crippen MR) is 52.8 cm³/mol. The summed E-state index contributed by atoms with van der Waals surface area (Å²) in [7, 11) is 0. The summed E-state index contributed by atoms with van der Waals surface area (Å²) in [5.74, 6) is -0.00185. The molecule has 0 radical (unpaired) electrons. The first-order chi connectivity index (χ1) is 6.62. The van der Waals surface area contributed by atoms with Gasteiger partial charge in [0.05, 0.1) is 19.3 Å². The van der Waals surface area contributed by atoms with Crippen LogP contribution in [0.25, 0.3) is 0 Å². The van der Waals surface area contributed by atoms with E-state index < -0.39 is 5.79 Å². The Labute approximate surface area is 84.7 Å². The molecule has 3 heteroatoms. The third-order valence-electron chi connectivity index (χ3n) is 2.83. The number of allylic oxidation sites excluding steroid dienone is 1. The van der Waals surface area contributed by atoms with Crippen molar-refractivity contribution < 1.29 is 14.6 Å². The smallest absolute Gasteiger partial charge is 0.191 e. The predicted octanol–water partition coefficient (Wildman–Crippen LogP) is 1.47. The number of ether oxygens (including phenoxy) is 2. The molecule has 0 amide bonds. The van der Waals surface area contributed by atoms with Gasteiger partial charge in [-0.25, -0.2) is 0 Å². The zero-order valence-corrected chi connectivity index (χ0v) is 8.82. The van der Waals surface area contributed by atoms with Gasteiger partial charge in [0, 0.05) is 6.42 Å². The highest BCUT2D eigenvalue weighted by Crippen LogP contribution is 2.42. The normalized spacial score (nSPS) is 32.2. The summed E-state index contributed by atoms with van der Waals surface area (Å²) in [5.41, 5.74) is 1.12. The van der Waals surface area contributed by atoms with Crippen LogP contribution in [0.2, 0.25) is 0 Å². The fourth-order valence-electron chi connectivity index (χ4n) is 2.38. The van der Waals surface area contributed by atoms with Crippen molar-refractivity contribution in [2.75, 3.05) is 13.2 Å². The molecule has 1 aliphatic heterocycles. The third-order valence-corrected chi connectivity index (χ3v) is 2.83. The first-order valence-electron chi connectivity index (χ1n) is 5.29. The number of aliphatic hydroxyl groups excluding tert-OH is 1. The first-order valence-corrected chi connectivity index (χ1v) is 5.29. The Bertz CT molecular complexity index is 239. The fourth-order valence-corrected chi connectivity index (χ4v) is 2.38. The molecule has 0 aromatic rings. The van der Waals surface area contributed by atoms with E-state index in [1.165, 1.54) is 0 Å². The van der Waals surface area contributed by atoms with Crippen LogP contribution in [0.1, 0.15) is 26.7 Å². The topological polar surface area (TPSA) is 38.7 Å². The monoisotopic (exact) mass is 198 g/mol. The van der Waals surface area contributed by atoms with E-state index in [1.807, 2.05) is 0 Å². The van der Waals surface area contributed by atoms with E-state index >= 15 is 0 Å². The summed E-state index contributed by atoms with van der Waals surface area (Å²) in [6.07, 6.45) is 3.41. The zero-order chi connectivity index (χ0) is 10.2. The van der Waals surface area contributed by atoms with Crippen LogP contribution in [0.4, 0.5) is 0 Å². The molecule has 1 heterocycles. The van der Waals surface area contributed by atoms with Gasteiger partial charge < -0.3 is 14.6 Å². The molecule has 80 valence electrons. The Morgan fingerprint density at radius 3 is 2.79 bits per heavy atom. The lowest BCUT2D eigenvalue weighted by Crippen LogP contribution is -2.31. The molecule has 2 atom stereocenters. The highest BCUT2D eigenvalue weighted by molar-refractivity contribution is 5.23. The molecule has 2 unspecified atom stereocenters. The van der Waals surface area contributed by atoms with Crippen LogP contribution in [-0.2, 0) is 9.47 Å². The largest absolute Gasteiger partial charge is 0.393 e. The van der Waals surface area contributed by atoms with Crippen LogP contribution in [0.3, 0.4) is 0 Å². The molecule has 1 spiro atoms. The average molecular weight is 198 g/mol. The summed E-state index contributed by atoms with van der Waals surface area (Å²) >= 11 is 0. The summed E-state index contributed by atoms with van der Waals surface area (Å²) in [4.78, 5) is 0. The van der Waals surface area contributed by atoms with Crippen LogP contribution in [0.15, 0.2) is 11.6 Å². The minimum Gasteiger partial charge on any atom is -0.393 e. The highest BCUT2D eigenvalue weighted by atomic mass is 16.7. The van der Waals surface area contributed by atoms with Crippen LogP contribution >= 0.6 is 0 Å². The van der Waals surface area contributed by atoms with Gasteiger partial charge in [0.25, 0.3) is 0 Å². The molecule has 1 fully saturated rings. The second-order valence-electron chi connectivity index (χ2n) is 4.38. The second kappa shape index (κ2) is 3.65. The van der Waals surface area contributed by atoms with Gasteiger partial charge in [-0.2, -0.15) is 0 Å². The SMILES string of the molecule is CC(O)CC1=CC(C)CC12OCCO2. The van der Waals surface area contributed by atoms with Crippen LogP contribution < -0.4 is 0 Å². The van der Waals surface area contributed by atoms with E-state index in [4.69, 9.17) is 9.47 Å². The molecule has 0 aromatic carbocycles. The molecule has 0 saturated carbocycles. The summed E-state index contributed by atoms with van der Waals surface area (Å²) < 4.78 is 11.4. The molecular formula is C11H18O3. The lowest BCUT2D eigenvalue weighted by atomic mass is 10.0. The summed E-state index contributed by atoms with van der Waals surface area (Å²) in [6, 6.07) is 0. The van der Waals surface area contributed by atoms with Gasteiger partial charge in [0.15, 0.2) is 5.79 Å². The number of hydrogen-bond acceptors (Lipinski definition) is 3. The van der Waals surface area contributed by atoms with Gasteiger partial charge in [0.2, 0.25) is 0 Å². The van der Waals surface area contributed by atoms with Gasteiger partial charge in [-0.05, 0) is 24.8 Å². The van der Waals surface area contributed by atoms with Gasteiger partial charge >= 0.3 is 0 Å². The van der Waals surface area contributed by atoms with E-state index in [0.717, 1.165) is 12.0 Å². The molecule has 1 aliphatic carbocycles. The lowest BCUT2D eigenvalue weighted by Gasteiger charge is -2.26. The Balaban J connectivity index is 2.14. The second-order valence-corrected chi connectivity index (χ2v) is 4.38. The molecule has 3 nitrogen and oxygen atoms in total. The molecule has 0 aromatic heterocycles. The first kappa shape index (κ1) is 10.1. The van der Waals surface area contributed by atoms with Gasteiger partial charge in [0.1, 0.15) is 0 Å². The summed E-state index contributed by atoms with van der Waals surface area (Å²) in [6.45, 7) is 5.29. The fraction of sp³-hybridized carbons (Fsp3) is 0.818. The van der Waals surface area contributed by atoms with Crippen molar-refractivity contribution in [2.45, 2.75) is 38.6 Å².